The fourth-order valence-corrected chi connectivity index (χ4v) is 3.81. The maximum Gasteiger partial charge on any atom is 0.231 e. The van der Waals surface area contributed by atoms with Crippen LogP contribution in [0.25, 0.3) is 0 Å². The van der Waals surface area contributed by atoms with Crippen molar-refractivity contribution in [1.82, 2.24) is 0 Å². The fourth-order valence-electron chi connectivity index (χ4n) is 2.26. The minimum Gasteiger partial charge on any atom is -0.454 e. The van der Waals surface area contributed by atoms with Crippen LogP contribution in [0.5, 0.6) is 11.5 Å². The minimum absolute atomic E-state index is 0.118. The molecule has 0 unspecified atom stereocenters. The van der Waals surface area contributed by atoms with Crippen molar-refractivity contribution in [2.75, 3.05) is 17.8 Å². The van der Waals surface area contributed by atoms with Gasteiger partial charge in [-0.1, -0.05) is 23.2 Å². The van der Waals surface area contributed by atoms with Gasteiger partial charge in [-0.05, 0) is 24.5 Å². The van der Waals surface area contributed by atoms with Crippen molar-refractivity contribution in [1.29, 1.82) is 0 Å². The van der Waals surface area contributed by atoms with E-state index in [0.717, 1.165) is 5.56 Å². The lowest BCUT2D eigenvalue weighted by molar-refractivity contribution is -0.116. The molecule has 0 saturated carbocycles. The highest BCUT2D eigenvalue weighted by Gasteiger charge is 2.17. The fraction of sp³-hybridized carbons (Fsp3) is 0.267. The molecule has 0 saturated heterocycles. The van der Waals surface area contributed by atoms with E-state index in [1.807, 2.05) is 6.07 Å². The standard InChI is InChI=1S/C15H14Cl2N2O3S/c16-13-4-8(15(17)23-13)2-1-3-14(20)19-10-6-12-11(5-9(10)18)21-7-22-12/h4-6H,1-3,7,18H2,(H,19,20). The molecule has 1 aliphatic rings. The van der Waals surface area contributed by atoms with Crippen molar-refractivity contribution in [3.05, 3.63) is 32.4 Å². The van der Waals surface area contributed by atoms with E-state index in [1.54, 1.807) is 12.1 Å². The number of rotatable bonds is 5. The number of amides is 1. The molecule has 0 aliphatic carbocycles. The van der Waals surface area contributed by atoms with E-state index in [2.05, 4.69) is 5.32 Å². The lowest BCUT2D eigenvalue weighted by atomic mass is 10.1. The number of nitrogens with two attached hydrogens (primary N) is 1. The number of hydrogen-bond donors (Lipinski definition) is 2. The number of benzene rings is 1. The van der Waals surface area contributed by atoms with Crippen LogP contribution in [0.3, 0.4) is 0 Å². The van der Waals surface area contributed by atoms with Gasteiger partial charge in [0.1, 0.15) is 0 Å². The Balaban J connectivity index is 1.54. The molecule has 1 aromatic heterocycles. The predicted molar refractivity (Wildman–Crippen MR) is 92.9 cm³/mol. The number of ether oxygens (including phenoxy) is 2. The van der Waals surface area contributed by atoms with Crippen LogP contribution >= 0.6 is 34.5 Å². The van der Waals surface area contributed by atoms with Crippen LogP contribution in [0, 0.1) is 0 Å². The highest BCUT2D eigenvalue weighted by Crippen LogP contribution is 2.38. The first-order valence-electron chi connectivity index (χ1n) is 6.95. The Morgan fingerprint density at radius 2 is 2.00 bits per heavy atom. The van der Waals surface area contributed by atoms with Gasteiger partial charge in [-0.3, -0.25) is 4.79 Å². The maximum absolute atomic E-state index is 12.1. The molecular formula is C15H14Cl2N2O3S. The smallest absolute Gasteiger partial charge is 0.231 e. The van der Waals surface area contributed by atoms with Crippen LogP contribution in [0.15, 0.2) is 18.2 Å². The summed E-state index contributed by atoms with van der Waals surface area (Å²) in [5.41, 5.74) is 7.84. The van der Waals surface area contributed by atoms with E-state index in [9.17, 15) is 4.79 Å². The molecule has 0 atom stereocenters. The van der Waals surface area contributed by atoms with Crippen LogP contribution in [0.2, 0.25) is 8.67 Å². The number of fused-ring (bicyclic) bond motifs is 1. The van der Waals surface area contributed by atoms with Gasteiger partial charge < -0.3 is 20.5 Å². The molecule has 0 spiro atoms. The summed E-state index contributed by atoms with van der Waals surface area (Å²) >= 11 is 13.3. The van der Waals surface area contributed by atoms with Crippen molar-refractivity contribution >= 4 is 51.8 Å². The molecule has 3 N–H and O–H groups in total. The van der Waals surface area contributed by atoms with Gasteiger partial charge in [0.25, 0.3) is 0 Å². The second-order valence-corrected chi connectivity index (χ2v) is 7.33. The summed E-state index contributed by atoms with van der Waals surface area (Å²) in [5, 5.41) is 2.79. The average Bonchev–Trinajstić information content (AvgIpc) is 3.05. The second kappa shape index (κ2) is 6.86. The summed E-state index contributed by atoms with van der Waals surface area (Å²) in [6.07, 6.45) is 1.73. The van der Waals surface area contributed by atoms with Gasteiger partial charge in [0.05, 0.1) is 20.0 Å². The molecule has 1 aliphatic heterocycles. The minimum atomic E-state index is -0.118. The lowest BCUT2D eigenvalue weighted by Crippen LogP contribution is -2.12. The number of carbonyl (C=O) groups is 1. The molecule has 1 aromatic carbocycles. The van der Waals surface area contributed by atoms with E-state index >= 15 is 0 Å². The Hall–Kier alpha value is -1.63. The molecule has 0 bridgehead atoms. The Bertz CT molecular complexity index is 749. The molecule has 1 amide bonds. The third-order valence-corrected chi connectivity index (χ3v) is 4.97. The summed E-state index contributed by atoms with van der Waals surface area (Å²) in [6.45, 7) is 0.163. The molecule has 5 nitrogen and oxygen atoms in total. The van der Waals surface area contributed by atoms with Crippen LogP contribution in [-0.2, 0) is 11.2 Å². The molecule has 0 radical (unpaired) electrons. The predicted octanol–water partition coefficient (Wildman–Crippen LogP) is 4.33. The summed E-state index contributed by atoms with van der Waals surface area (Å²) in [5.74, 6) is 1.05. The number of halogens is 2. The van der Waals surface area contributed by atoms with E-state index in [1.165, 1.54) is 11.3 Å². The van der Waals surface area contributed by atoms with Crippen LogP contribution in [-0.4, -0.2) is 12.7 Å². The van der Waals surface area contributed by atoms with E-state index in [0.29, 0.717) is 50.8 Å². The third-order valence-electron chi connectivity index (χ3n) is 3.40. The summed E-state index contributed by atoms with van der Waals surface area (Å²) < 4.78 is 11.8. The molecule has 8 heteroatoms. The van der Waals surface area contributed by atoms with Crippen molar-refractivity contribution in [2.24, 2.45) is 0 Å². The van der Waals surface area contributed by atoms with Crippen molar-refractivity contribution in [3.63, 3.8) is 0 Å². The molecule has 2 heterocycles. The molecule has 122 valence electrons. The number of nitrogen functional groups attached to an aromatic ring is 1. The molecule has 23 heavy (non-hydrogen) atoms. The molecule has 3 rings (SSSR count). The van der Waals surface area contributed by atoms with Gasteiger partial charge in [0.2, 0.25) is 12.7 Å². The quantitative estimate of drug-likeness (QED) is 0.766. The Labute approximate surface area is 147 Å². The van der Waals surface area contributed by atoms with E-state index in [-0.39, 0.29) is 12.7 Å². The first-order chi connectivity index (χ1) is 11.0. The van der Waals surface area contributed by atoms with Crippen LogP contribution in [0.4, 0.5) is 11.4 Å². The SMILES string of the molecule is Nc1cc2c(cc1NC(=O)CCCc1cc(Cl)sc1Cl)OCO2. The zero-order valence-electron chi connectivity index (χ0n) is 12.0. The van der Waals surface area contributed by atoms with Crippen molar-refractivity contribution in [2.45, 2.75) is 19.3 Å². The summed E-state index contributed by atoms with van der Waals surface area (Å²) in [6, 6.07) is 5.15. The average molecular weight is 373 g/mol. The highest BCUT2D eigenvalue weighted by atomic mass is 35.5. The van der Waals surface area contributed by atoms with Crippen molar-refractivity contribution in [3.8, 4) is 11.5 Å². The topological polar surface area (TPSA) is 73.6 Å². The van der Waals surface area contributed by atoms with Gasteiger partial charge in [-0.2, -0.15) is 0 Å². The van der Waals surface area contributed by atoms with Gasteiger partial charge >= 0.3 is 0 Å². The van der Waals surface area contributed by atoms with Crippen molar-refractivity contribution < 1.29 is 14.3 Å². The van der Waals surface area contributed by atoms with Gasteiger partial charge in [-0.15, -0.1) is 11.3 Å². The first kappa shape index (κ1) is 16.2. The van der Waals surface area contributed by atoms with Gasteiger partial charge in [0.15, 0.2) is 11.5 Å². The number of hydrogen-bond acceptors (Lipinski definition) is 5. The monoisotopic (exact) mass is 372 g/mol. The summed E-state index contributed by atoms with van der Waals surface area (Å²) in [7, 11) is 0. The number of thiophene rings is 1. The Kier molecular flexibility index (Phi) is 4.84. The van der Waals surface area contributed by atoms with Gasteiger partial charge in [-0.25, -0.2) is 0 Å². The van der Waals surface area contributed by atoms with Crippen LogP contribution in [0.1, 0.15) is 18.4 Å². The lowest BCUT2D eigenvalue weighted by Gasteiger charge is -2.09. The third kappa shape index (κ3) is 3.83. The molecule has 2 aromatic rings. The zero-order valence-corrected chi connectivity index (χ0v) is 14.4. The first-order valence-corrected chi connectivity index (χ1v) is 8.53. The van der Waals surface area contributed by atoms with E-state index < -0.39 is 0 Å². The number of aryl methyl sites for hydroxylation is 1. The Morgan fingerprint density at radius 1 is 1.26 bits per heavy atom. The second-order valence-electron chi connectivity index (χ2n) is 5.04. The number of carbonyl (C=O) groups excluding carboxylic acids is 1. The summed E-state index contributed by atoms with van der Waals surface area (Å²) in [4.78, 5) is 12.1. The van der Waals surface area contributed by atoms with Crippen LogP contribution < -0.4 is 20.5 Å². The highest BCUT2D eigenvalue weighted by molar-refractivity contribution is 7.20. The molecule has 0 fully saturated rings. The van der Waals surface area contributed by atoms with Gasteiger partial charge in [0, 0.05) is 18.6 Å². The maximum atomic E-state index is 12.1. The molecular weight excluding hydrogens is 359 g/mol. The zero-order chi connectivity index (χ0) is 16.4. The normalized spacial score (nSPS) is 12.4. The number of nitrogens with one attached hydrogen (secondary N) is 1. The number of anilines is 2. The largest absolute Gasteiger partial charge is 0.454 e. The van der Waals surface area contributed by atoms with E-state index in [4.69, 9.17) is 38.4 Å². The Morgan fingerprint density at radius 3 is 2.70 bits per heavy atom.